The predicted molar refractivity (Wildman–Crippen MR) is 52.5 cm³/mol. The van der Waals surface area contributed by atoms with Crippen molar-refractivity contribution in [2.45, 2.75) is 50.6 Å². The lowest BCUT2D eigenvalue weighted by Gasteiger charge is -2.17. The lowest BCUT2D eigenvalue weighted by molar-refractivity contribution is 0.718. The lowest BCUT2D eigenvalue weighted by atomic mass is 10.1. The summed E-state index contributed by atoms with van der Waals surface area (Å²) in [5.41, 5.74) is 0. The van der Waals surface area contributed by atoms with E-state index >= 15 is 0 Å². The molecule has 0 nitrogen and oxygen atoms in total. The van der Waals surface area contributed by atoms with E-state index in [1.165, 1.54) is 25.7 Å². The summed E-state index contributed by atoms with van der Waals surface area (Å²) in [5.74, 6) is 0. The molecule has 0 bridgehead atoms. The highest BCUT2D eigenvalue weighted by Crippen LogP contribution is 2.30. The number of hydrogen-bond acceptors (Lipinski definition) is 0. The minimum Gasteiger partial charge on any atom is -0.0895 e. The quantitative estimate of drug-likeness (QED) is 0.525. The van der Waals surface area contributed by atoms with Crippen LogP contribution in [0.3, 0.4) is 0 Å². The third-order valence-electron chi connectivity index (χ3n) is 3.21. The Morgan fingerprint density at radius 3 is 2.45 bits per heavy atom. The Kier molecular flexibility index (Phi) is 2.47. The maximum Gasteiger partial charge on any atom is 0.0652 e. The van der Waals surface area contributed by atoms with Crippen molar-refractivity contribution in [3.8, 4) is 0 Å². The summed E-state index contributed by atoms with van der Waals surface area (Å²) in [5, 5.41) is 1.95. The van der Waals surface area contributed by atoms with Crippen LogP contribution in [-0.4, -0.2) is 8.80 Å². The number of allylic oxidation sites excluding steroid dienone is 2. The number of hydrogen-bond donors (Lipinski definition) is 0. The van der Waals surface area contributed by atoms with Gasteiger partial charge in [0.2, 0.25) is 0 Å². The highest BCUT2D eigenvalue weighted by molar-refractivity contribution is 6.67. The van der Waals surface area contributed by atoms with E-state index in [0.29, 0.717) is 0 Å². The molecule has 0 N–H and O–H groups in total. The first-order valence-electron chi connectivity index (χ1n) is 5.16. The topological polar surface area (TPSA) is 0 Å². The number of rotatable bonds is 1. The van der Waals surface area contributed by atoms with Gasteiger partial charge >= 0.3 is 0 Å². The van der Waals surface area contributed by atoms with E-state index in [1.807, 2.05) is 5.20 Å². The van der Waals surface area contributed by atoms with E-state index in [4.69, 9.17) is 0 Å². The Balaban J connectivity index is 1.96. The molecule has 1 heterocycles. The molecule has 0 aromatic carbocycles. The van der Waals surface area contributed by atoms with Gasteiger partial charge in [0.25, 0.3) is 0 Å². The molecule has 0 spiro atoms. The molecule has 0 radical (unpaired) electrons. The fourth-order valence-electron chi connectivity index (χ4n) is 2.53. The fraction of sp³-hybridized carbons (Fsp3) is 0.800. The van der Waals surface area contributed by atoms with Crippen LogP contribution in [-0.2, 0) is 0 Å². The Morgan fingerprint density at radius 2 is 1.82 bits per heavy atom. The van der Waals surface area contributed by atoms with Crippen molar-refractivity contribution < 1.29 is 0 Å². The van der Waals surface area contributed by atoms with Crippen LogP contribution in [0.5, 0.6) is 0 Å². The van der Waals surface area contributed by atoms with Crippen LogP contribution in [0.2, 0.25) is 12.1 Å². The van der Waals surface area contributed by atoms with Crippen LogP contribution in [0.1, 0.15) is 38.5 Å². The molecule has 11 heavy (non-hydrogen) atoms. The molecule has 62 valence electrons. The van der Waals surface area contributed by atoms with Gasteiger partial charge in [-0.05, 0) is 25.7 Å². The average molecular weight is 166 g/mol. The van der Waals surface area contributed by atoms with Crippen LogP contribution in [0.4, 0.5) is 0 Å². The molecule has 0 aromatic heterocycles. The van der Waals surface area contributed by atoms with Crippen LogP contribution in [0.25, 0.3) is 0 Å². The molecule has 1 aliphatic carbocycles. The zero-order chi connectivity index (χ0) is 7.52. The first-order chi connectivity index (χ1) is 5.47. The molecule has 0 saturated carbocycles. The summed E-state index contributed by atoms with van der Waals surface area (Å²) in [7, 11) is -0.301. The van der Waals surface area contributed by atoms with Crippen LogP contribution >= 0.6 is 0 Å². The summed E-state index contributed by atoms with van der Waals surface area (Å²) in [4.78, 5) is 0. The normalized spacial score (nSPS) is 27.1. The predicted octanol–water partition coefficient (Wildman–Crippen LogP) is 3.05. The minimum atomic E-state index is -0.301. The van der Waals surface area contributed by atoms with Gasteiger partial charge < -0.3 is 0 Å². The molecule has 0 unspecified atom stereocenters. The van der Waals surface area contributed by atoms with Gasteiger partial charge in [-0.3, -0.25) is 0 Å². The molecule has 0 amide bonds. The lowest BCUT2D eigenvalue weighted by Crippen LogP contribution is -2.12. The Labute approximate surface area is 71.3 Å². The van der Waals surface area contributed by atoms with Crippen molar-refractivity contribution in [2.24, 2.45) is 0 Å². The van der Waals surface area contributed by atoms with E-state index < -0.39 is 0 Å². The summed E-state index contributed by atoms with van der Waals surface area (Å²) in [6.45, 7) is 0. The standard InChI is InChI=1S/C10H18Si/c1-2-6-10(7-3-1)11-8-4-5-9-11/h6,11H,1-5,7-9H2. The molecule has 1 saturated heterocycles. The third kappa shape index (κ3) is 1.75. The second-order valence-electron chi connectivity index (χ2n) is 4.01. The maximum absolute atomic E-state index is 2.59. The van der Waals surface area contributed by atoms with Gasteiger partial charge in [-0.1, -0.05) is 36.2 Å². The van der Waals surface area contributed by atoms with Gasteiger partial charge in [0.15, 0.2) is 0 Å². The van der Waals surface area contributed by atoms with Gasteiger partial charge in [-0.25, -0.2) is 0 Å². The second-order valence-corrected chi connectivity index (χ2v) is 7.30. The van der Waals surface area contributed by atoms with Crippen molar-refractivity contribution in [1.29, 1.82) is 0 Å². The molecule has 1 aliphatic heterocycles. The second kappa shape index (κ2) is 3.57. The van der Waals surface area contributed by atoms with Crippen molar-refractivity contribution in [2.75, 3.05) is 0 Å². The highest BCUT2D eigenvalue weighted by Gasteiger charge is 2.21. The highest BCUT2D eigenvalue weighted by atomic mass is 28.3. The molecule has 0 aromatic rings. The third-order valence-corrected chi connectivity index (χ3v) is 6.99. The van der Waals surface area contributed by atoms with Crippen molar-refractivity contribution in [1.82, 2.24) is 0 Å². The minimum absolute atomic E-state index is 0.301. The molecule has 2 rings (SSSR count). The van der Waals surface area contributed by atoms with Crippen LogP contribution in [0.15, 0.2) is 11.3 Å². The first-order valence-corrected chi connectivity index (χ1v) is 7.37. The Hall–Kier alpha value is -0.0431. The van der Waals surface area contributed by atoms with Gasteiger partial charge in [-0.2, -0.15) is 0 Å². The molecular weight excluding hydrogens is 148 g/mol. The van der Waals surface area contributed by atoms with Crippen LogP contribution < -0.4 is 0 Å². The van der Waals surface area contributed by atoms with Crippen LogP contribution in [0, 0.1) is 0 Å². The Morgan fingerprint density at radius 1 is 1.00 bits per heavy atom. The fourth-order valence-corrected chi connectivity index (χ4v) is 6.24. The molecular formula is C10H18Si. The van der Waals surface area contributed by atoms with Gasteiger partial charge in [0.1, 0.15) is 0 Å². The summed E-state index contributed by atoms with van der Waals surface area (Å²) in [6.07, 6.45) is 11.5. The molecule has 0 atom stereocenters. The van der Waals surface area contributed by atoms with E-state index in [0.717, 1.165) is 0 Å². The van der Waals surface area contributed by atoms with E-state index in [1.54, 1.807) is 24.9 Å². The van der Waals surface area contributed by atoms with Crippen molar-refractivity contribution in [3.63, 3.8) is 0 Å². The monoisotopic (exact) mass is 166 g/mol. The largest absolute Gasteiger partial charge is 0.0895 e. The maximum atomic E-state index is 2.59. The first kappa shape index (κ1) is 7.60. The van der Waals surface area contributed by atoms with E-state index in [-0.39, 0.29) is 8.80 Å². The SMILES string of the molecule is C1=C([SiH]2CCCC2)CCCC1. The summed E-state index contributed by atoms with van der Waals surface area (Å²) >= 11 is 0. The zero-order valence-electron chi connectivity index (χ0n) is 7.31. The summed E-state index contributed by atoms with van der Waals surface area (Å²) < 4.78 is 0. The molecule has 1 fully saturated rings. The van der Waals surface area contributed by atoms with Crippen molar-refractivity contribution >= 4 is 8.80 Å². The molecule has 1 heteroatoms. The average Bonchev–Trinajstić information content (AvgIpc) is 2.58. The molecule has 2 aliphatic rings. The summed E-state index contributed by atoms with van der Waals surface area (Å²) in [6, 6.07) is 3.26. The van der Waals surface area contributed by atoms with Gasteiger partial charge in [0, 0.05) is 0 Å². The van der Waals surface area contributed by atoms with Gasteiger partial charge in [0.05, 0.1) is 8.80 Å². The zero-order valence-corrected chi connectivity index (χ0v) is 8.47. The Bertz CT molecular complexity index is 154. The van der Waals surface area contributed by atoms with E-state index in [2.05, 4.69) is 6.08 Å². The van der Waals surface area contributed by atoms with Crippen molar-refractivity contribution in [3.05, 3.63) is 11.3 Å². The van der Waals surface area contributed by atoms with Gasteiger partial charge in [-0.15, -0.1) is 0 Å². The van der Waals surface area contributed by atoms with E-state index in [9.17, 15) is 0 Å². The smallest absolute Gasteiger partial charge is 0.0652 e.